The highest BCUT2D eigenvalue weighted by Gasteiger charge is 2.07. The van der Waals surface area contributed by atoms with Crippen LogP contribution in [0.3, 0.4) is 0 Å². The van der Waals surface area contributed by atoms with Gasteiger partial charge in [0.1, 0.15) is 0 Å². The molecule has 0 fully saturated rings. The molecule has 0 aliphatic heterocycles. The van der Waals surface area contributed by atoms with Crippen molar-refractivity contribution in [3.63, 3.8) is 0 Å². The molecule has 5 heteroatoms. The molecule has 2 aromatic rings. The molecule has 1 unspecified atom stereocenters. The number of hydrogen-bond acceptors (Lipinski definition) is 4. The first kappa shape index (κ1) is 16.1. The number of hydrogen-bond donors (Lipinski definition) is 3. The van der Waals surface area contributed by atoms with Gasteiger partial charge in [0.2, 0.25) is 5.91 Å². The van der Waals surface area contributed by atoms with E-state index in [9.17, 15) is 9.90 Å². The molecule has 116 valence electrons. The normalized spacial score (nSPS) is 11.9. The van der Waals surface area contributed by atoms with Gasteiger partial charge in [-0.25, -0.2) is 0 Å². The fourth-order valence-electron chi connectivity index (χ4n) is 2.13. The summed E-state index contributed by atoms with van der Waals surface area (Å²) in [6.07, 6.45) is 3.64. The van der Waals surface area contributed by atoms with Gasteiger partial charge in [-0.1, -0.05) is 12.1 Å². The number of carbonyl (C=O) groups is 1. The van der Waals surface area contributed by atoms with Crippen LogP contribution in [0.4, 0.5) is 5.69 Å². The number of aromatic nitrogens is 1. The van der Waals surface area contributed by atoms with Crippen LogP contribution >= 0.6 is 0 Å². The molecule has 1 aromatic carbocycles. The van der Waals surface area contributed by atoms with Gasteiger partial charge in [-0.15, -0.1) is 0 Å². The minimum absolute atomic E-state index is 0.103. The third-order valence-electron chi connectivity index (χ3n) is 3.29. The molecule has 0 aliphatic rings. The van der Waals surface area contributed by atoms with E-state index in [0.29, 0.717) is 6.42 Å². The molecule has 5 nitrogen and oxygen atoms in total. The van der Waals surface area contributed by atoms with Crippen LogP contribution in [0.1, 0.15) is 30.6 Å². The summed E-state index contributed by atoms with van der Waals surface area (Å²) in [4.78, 5) is 14.9. The van der Waals surface area contributed by atoms with E-state index in [1.165, 1.54) is 12.5 Å². The van der Waals surface area contributed by atoms with Crippen LogP contribution in [0.5, 0.6) is 0 Å². The van der Waals surface area contributed by atoms with Crippen LogP contribution in [0, 0.1) is 0 Å². The molecule has 1 heterocycles. The molecule has 0 spiro atoms. The second-order valence-electron chi connectivity index (χ2n) is 5.14. The van der Waals surface area contributed by atoms with Crippen molar-refractivity contribution in [3.05, 3.63) is 59.9 Å². The van der Waals surface area contributed by atoms with Crippen LogP contribution in [0.25, 0.3) is 0 Å². The molecule has 22 heavy (non-hydrogen) atoms. The number of anilines is 1. The van der Waals surface area contributed by atoms with Crippen LogP contribution in [0.2, 0.25) is 0 Å². The summed E-state index contributed by atoms with van der Waals surface area (Å²) in [6.45, 7) is 2.95. The van der Waals surface area contributed by atoms with Gasteiger partial charge in [0.25, 0.3) is 0 Å². The Morgan fingerprint density at radius 1 is 1.18 bits per heavy atom. The molecule has 0 saturated carbocycles. The summed E-state index contributed by atoms with van der Waals surface area (Å²) in [5.41, 5.74) is 2.75. The molecule has 1 atom stereocenters. The Kier molecular flexibility index (Phi) is 6.06. The number of nitrogens with zero attached hydrogens (tertiary/aromatic N) is 1. The Morgan fingerprint density at radius 3 is 2.50 bits per heavy atom. The lowest BCUT2D eigenvalue weighted by molar-refractivity contribution is -0.114. The second kappa shape index (κ2) is 8.26. The smallest absolute Gasteiger partial charge is 0.221 e. The van der Waals surface area contributed by atoms with Gasteiger partial charge in [0.15, 0.2) is 0 Å². The molecule has 0 bridgehead atoms. The maximum atomic E-state index is 11.0. The molecule has 2 rings (SSSR count). The minimum Gasteiger partial charge on any atom is -0.388 e. The van der Waals surface area contributed by atoms with Gasteiger partial charge in [-0.05, 0) is 48.4 Å². The van der Waals surface area contributed by atoms with Crippen LogP contribution in [-0.4, -0.2) is 22.5 Å². The van der Waals surface area contributed by atoms with Crippen molar-refractivity contribution in [2.75, 3.05) is 11.9 Å². The number of carbonyl (C=O) groups excluding carboxylic acids is 1. The third kappa shape index (κ3) is 5.27. The predicted octanol–water partition coefficient (Wildman–Crippen LogP) is 2.25. The quantitative estimate of drug-likeness (QED) is 0.686. The van der Waals surface area contributed by atoms with E-state index in [1.54, 1.807) is 24.5 Å². The number of aliphatic hydroxyl groups excluding tert-OH is 1. The zero-order valence-electron chi connectivity index (χ0n) is 12.6. The van der Waals surface area contributed by atoms with E-state index >= 15 is 0 Å². The summed E-state index contributed by atoms with van der Waals surface area (Å²) in [7, 11) is 0. The SMILES string of the molecule is CC(=O)Nc1ccc(C(O)CCNCc2ccncc2)cc1. The second-order valence-corrected chi connectivity index (χ2v) is 5.14. The number of amides is 1. The highest BCUT2D eigenvalue weighted by atomic mass is 16.3. The van der Waals surface area contributed by atoms with Gasteiger partial charge >= 0.3 is 0 Å². The van der Waals surface area contributed by atoms with Crippen LogP contribution in [0.15, 0.2) is 48.8 Å². The van der Waals surface area contributed by atoms with Crippen molar-refractivity contribution in [2.45, 2.75) is 26.0 Å². The number of pyridine rings is 1. The van der Waals surface area contributed by atoms with E-state index in [0.717, 1.165) is 24.3 Å². The zero-order valence-corrected chi connectivity index (χ0v) is 12.6. The van der Waals surface area contributed by atoms with Gasteiger partial charge < -0.3 is 15.7 Å². The summed E-state index contributed by atoms with van der Waals surface area (Å²) >= 11 is 0. The molecule has 0 radical (unpaired) electrons. The lowest BCUT2D eigenvalue weighted by Gasteiger charge is -2.12. The van der Waals surface area contributed by atoms with Crippen molar-refractivity contribution in [1.82, 2.24) is 10.3 Å². The van der Waals surface area contributed by atoms with E-state index < -0.39 is 6.10 Å². The fourth-order valence-corrected chi connectivity index (χ4v) is 2.13. The van der Waals surface area contributed by atoms with Gasteiger partial charge in [0.05, 0.1) is 6.10 Å². The van der Waals surface area contributed by atoms with Crippen molar-refractivity contribution in [2.24, 2.45) is 0 Å². The number of aliphatic hydroxyl groups is 1. The third-order valence-corrected chi connectivity index (χ3v) is 3.29. The van der Waals surface area contributed by atoms with Crippen LogP contribution in [-0.2, 0) is 11.3 Å². The molecule has 0 aliphatic carbocycles. The highest BCUT2D eigenvalue weighted by Crippen LogP contribution is 2.18. The lowest BCUT2D eigenvalue weighted by Crippen LogP contribution is -2.17. The number of benzene rings is 1. The summed E-state index contributed by atoms with van der Waals surface area (Å²) in [6, 6.07) is 11.2. The lowest BCUT2D eigenvalue weighted by atomic mass is 10.1. The minimum atomic E-state index is -0.517. The van der Waals surface area contributed by atoms with E-state index in [4.69, 9.17) is 0 Å². The summed E-state index contributed by atoms with van der Waals surface area (Å²) in [5, 5.41) is 16.2. The molecule has 1 amide bonds. The van der Waals surface area contributed by atoms with Crippen molar-refractivity contribution >= 4 is 11.6 Å². The van der Waals surface area contributed by atoms with E-state index in [1.807, 2.05) is 24.3 Å². The molecule has 0 saturated heterocycles. The number of rotatable bonds is 7. The topological polar surface area (TPSA) is 74.2 Å². The average Bonchev–Trinajstić information content (AvgIpc) is 2.52. The molecule has 3 N–H and O–H groups in total. The molecule has 1 aromatic heterocycles. The standard InChI is InChI=1S/C17H21N3O2/c1-13(21)20-16-4-2-15(3-5-16)17(22)8-11-19-12-14-6-9-18-10-7-14/h2-7,9-10,17,19,22H,8,11-12H2,1H3,(H,20,21). The largest absolute Gasteiger partial charge is 0.388 e. The predicted molar refractivity (Wildman–Crippen MR) is 86.3 cm³/mol. The van der Waals surface area contributed by atoms with Gasteiger partial charge in [-0.2, -0.15) is 0 Å². The first-order valence-corrected chi connectivity index (χ1v) is 7.30. The maximum absolute atomic E-state index is 11.0. The molecular weight excluding hydrogens is 278 g/mol. The first-order valence-electron chi connectivity index (χ1n) is 7.30. The Hall–Kier alpha value is -2.24. The highest BCUT2D eigenvalue weighted by molar-refractivity contribution is 5.88. The van der Waals surface area contributed by atoms with Crippen molar-refractivity contribution in [1.29, 1.82) is 0 Å². The Labute approximate surface area is 130 Å². The maximum Gasteiger partial charge on any atom is 0.221 e. The summed E-state index contributed by atoms with van der Waals surface area (Å²) in [5.74, 6) is -0.103. The number of nitrogens with one attached hydrogen (secondary N) is 2. The summed E-state index contributed by atoms with van der Waals surface area (Å²) < 4.78 is 0. The van der Waals surface area contributed by atoms with Crippen molar-refractivity contribution in [3.8, 4) is 0 Å². The molecular formula is C17H21N3O2. The van der Waals surface area contributed by atoms with Crippen LogP contribution < -0.4 is 10.6 Å². The van der Waals surface area contributed by atoms with E-state index in [2.05, 4.69) is 15.6 Å². The van der Waals surface area contributed by atoms with Gasteiger partial charge in [-0.3, -0.25) is 9.78 Å². The fraction of sp³-hybridized carbons (Fsp3) is 0.294. The van der Waals surface area contributed by atoms with Crippen molar-refractivity contribution < 1.29 is 9.90 Å². The van der Waals surface area contributed by atoms with Gasteiger partial charge in [0, 0.05) is 31.5 Å². The Morgan fingerprint density at radius 2 is 1.86 bits per heavy atom. The monoisotopic (exact) mass is 299 g/mol. The van der Waals surface area contributed by atoms with E-state index in [-0.39, 0.29) is 5.91 Å². The Bertz CT molecular complexity index is 585. The zero-order chi connectivity index (χ0) is 15.8. The Balaban J connectivity index is 1.74. The first-order chi connectivity index (χ1) is 10.6. The average molecular weight is 299 g/mol.